The normalized spacial score (nSPS) is 36.2. The molecule has 2 rings (SSSR count). The molecule has 0 radical (unpaired) electrons. The summed E-state index contributed by atoms with van der Waals surface area (Å²) in [5, 5.41) is 2.86. The number of methoxy groups -OCH3 is 1. The molecule has 2 fully saturated rings. The van der Waals surface area contributed by atoms with Gasteiger partial charge in [0.05, 0.1) is 12.1 Å². The highest BCUT2D eigenvalue weighted by Crippen LogP contribution is 2.21. The third-order valence-corrected chi connectivity index (χ3v) is 2.70. The summed E-state index contributed by atoms with van der Waals surface area (Å²) in [5.74, 6) is 0.167. The first-order valence-corrected chi connectivity index (χ1v) is 4.36. The summed E-state index contributed by atoms with van der Waals surface area (Å²) in [4.78, 5) is 13.5. The van der Waals surface area contributed by atoms with Gasteiger partial charge in [0, 0.05) is 26.7 Å². The maximum absolute atomic E-state index is 11.3. The maximum Gasteiger partial charge on any atom is 0.237 e. The summed E-state index contributed by atoms with van der Waals surface area (Å²) in [5.41, 5.74) is 0. The highest BCUT2D eigenvalue weighted by Gasteiger charge is 2.38. The zero-order chi connectivity index (χ0) is 8.55. The minimum absolute atomic E-state index is 0.0729. The standard InChI is InChI=1S/C8H14N2O2/c1-12-6-4-7-8(11)9-2-3-10(7)5-6/h6-7H,2-5H2,1H3,(H,9,11)/t6-,7+/m1/s1. The number of fused-ring (bicyclic) bond motifs is 1. The molecule has 1 N–H and O–H groups in total. The molecule has 0 aromatic heterocycles. The van der Waals surface area contributed by atoms with Gasteiger partial charge in [0.1, 0.15) is 0 Å². The van der Waals surface area contributed by atoms with Crippen molar-refractivity contribution in [3.8, 4) is 0 Å². The van der Waals surface area contributed by atoms with Gasteiger partial charge in [-0.15, -0.1) is 0 Å². The van der Waals surface area contributed by atoms with Crippen LogP contribution in [0.3, 0.4) is 0 Å². The summed E-state index contributed by atoms with van der Waals surface area (Å²) in [6.07, 6.45) is 1.10. The minimum Gasteiger partial charge on any atom is -0.380 e. The van der Waals surface area contributed by atoms with Gasteiger partial charge >= 0.3 is 0 Å². The van der Waals surface area contributed by atoms with Crippen LogP contribution in [0.2, 0.25) is 0 Å². The average molecular weight is 170 g/mol. The third kappa shape index (κ3) is 1.21. The van der Waals surface area contributed by atoms with Crippen molar-refractivity contribution in [2.45, 2.75) is 18.6 Å². The summed E-state index contributed by atoms with van der Waals surface area (Å²) in [6, 6.07) is 0.0729. The number of nitrogens with zero attached hydrogens (tertiary/aromatic N) is 1. The van der Waals surface area contributed by atoms with Crippen molar-refractivity contribution in [3.63, 3.8) is 0 Å². The van der Waals surface area contributed by atoms with Crippen molar-refractivity contribution in [2.24, 2.45) is 0 Å². The van der Waals surface area contributed by atoms with Crippen molar-refractivity contribution >= 4 is 5.91 Å². The van der Waals surface area contributed by atoms with Crippen LogP contribution < -0.4 is 5.32 Å². The number of rotatable bonds is 1. The fourth-order valence-corrected chi connectivity index (χ4v) is 1.99. The molecule has 4 heteroatoms. The predicted molar refractivity (Wildman–Crippen MR) is 43.8 cm³/mol. The number of carbonyl (C=O) groups is 1. The lowest BCUT2D eigenvalue weighted by Crippen LogP contribution is -2.51. The van der Waals surface area contributed by atoms with Crippen LogP contribution in [-0.2, 0) is 9.53 Å². The molecule has 2 aliphatic heterocycles. The zero-order valence-corrected chi connectivity index (χ0v) is 7.25. The topological polar surface area (TPSA) is 41.6 Å². The Hall–Kier alpha value is -0.610. The maximum atomic E-state index is 11.3. The fourth-order valence-electron chi connectivity index (χ4n) is 1.99. The van der Waals surface area contributed by atoms with Gasteiger partial charge in [-0.05, 0) is 6.42 Å². The second-order valence-corrected chi connectivity index (χ2v) is 3.40. The number of piperazine rings is 1. The molecule has 2 heterocycles. The summed E-state index contributed by atoms with van der Waals surface area (Å²) < 4.78 is 5.23. The molecule has 12 heavy (non-hydrogen) atoms. The summed E-state index contributed by atoms with van der Waals surface area (Å²) in [6.45, 7) is 2.66. The lowest BCUT2D eigenvalue weighted by Gasteiger charge is -2.28. The lowest BCUT2D eigenvalue weighted by molar-refractivity contribution is -0.127. The predicted octanol–water partition coefficient (Wildman–Crippen LogP) is -0.794. The van der Waals surface area contributed by atoms with Crippen molar-refractivity contribution < 1.29 is 9.53 Å². The van der Waals surface area contributed by atoms with Crippen LogP contribution in [0.1, 0.15) is 6.42 Å². The fraction of sp³-hybridized carbons (Fsp3) is 0.875. The van der Waals surface area contributed by atoms with Crippen LogP contribution in [0.5, 0.6) is 0 Å². The van der Waals surface area contributed by atoms with Crippen molar-refractivity contribution in [2.75, 3.05) is 26.7 Å². The second kappa shape index (κ2) is 3.03. The van der Waals surface area contributed by atoms with Gasteiger partial charge in [-0.3, -0.25) is 9.69 Å². The van der Waals surface area contributed by atoms with E-state index in [4.69, 9.17) is 4.74 Å². The van der Waals surface area contributed by atoms with Gasteiger partial charge in [0.15, 0.2) is 0 Å². The Balaban J connectivity index is 2.04. The molecule has 0 saturated carbocycles. The van der Waals surface area contributed by atoms with Crippen LogP contribution >= 0.6 is 0 Å². The summed E-state index contributed by atoms with van der Waals surface area (Å²) >= 11 is 0. The Morgan fingerprint density at radius 1 is 1.67 bits per heavy atom. The quantitative estimate of drug-likeness (QED) is 0.560. The molecule has 0 bridgehead atoms. The van der Waals surface area contributed by atoms with E-state index in [-0.39, 0.29) is 18.1 Å². The first-order chi connectivity index (χ1) is 5.81. The molecule has 0 spiro atoms. The van der Waals surface area contributed by atoms with Gasteiger partial charge in [-0.1, -0.05) is 0 Å². The van der Waals surface area contributed by atoms with E-state index in [1.54, 1.807) is 7.11 Å². The van der Waals surface area contributed by atoms with Crippen molar-refractivity contribution in [1.29, 1.82) is 0 Å². The highest BCUT2D eigenvalue weighted by molar-refractivity contribution is 5.82. The molecular weight excluding hydrogens is 156 g/mol. The number of ether oxygens (including phenoxy) is 1. The molecule has 0 aromatic carbocycles. The van der Waals surface area contributed by atoms with Crippen LogP contribution in [0.15, 0.2) is 0 Å². The molecule has 0 aromatic rings. The molecule has 0 unspecified atom stereocenters. The summed E-state index contributed by atoms with van der Waals surface area (Å²) in [7, 11) is 1.71. The van der Waals surface area contributed by atoms with Gasteiger partial charge in [-0.25, -0.2) is 0 Å². The van der Waals surface area contributed by atoms with E-state index >= 15 is 0 Å². The Morgan fingerprint density at radius 3 is 3.17 bits per heavy atom. The molecule has 1 amide bonds. The van der Waals surface area contributed by atoms with E-state index in [9.17, 15) is 4.79 Å². The van der Waals surface area contributed by atoms with Crippen molar-refractivity contribution in [1.82, 2.24) is 10.2 Å². The Labute approximate surface area is 71.9 Å². The Morgan fingerprint density at radius 2 is 2.50 bits per heavy atom. The van der Waals surface area contributed by atoms with Gasteiger partial charge < -0.3 is 10.1 Å². The molecule has 2 atom stereocenters. The van der Waals surface area contributed by atoms with Crippen LogP contribution in [-0.4, -0.2) is 49.7 Å². The molecule has 4 nitrogen and oxygen atoms in total. The SMILES string of the molecule is CO[C@@H]1C[C@H]2C(=O)NCCN2C1. The number of hydrogen-bond donors (Lipinski definition) is 1. The highest BCUT2D eigenvalue weighted by atomic mass is 16.5. The van der Waals surface area contributed by atoms with E-state index in [1.807, 2.05) is 0 Å². The first-order valence-electron chi connectivity index (χ1n) is 4.36. The van der Waals surface area contributed by atoms with E-state index in [1.165, 1.54) is 0 Å². The monoisotopic (exact) mass is 170 g/mol. The van der Waals surface area contributed by atoms with Gasteiger partial charge in [0.2, 0.25) is 5.91 Å². The average Bonchev–Trinajstić information content (AvgIpc) is 2.49. The number of hydrogen-bond acceptors (Lipinski definition) is 3. The van der Waals surface area contributed by atoms with E-state index < -0.39 is 0 Å². The lowest BCUT2D eigenvalue weighted by atomic mass is 10.1. The molecular formula is C8H14N2O2. The molecule has 2 aliphatic rings. The zero-order valence-electron chi connectivity index (χ0n) is 7.25. The first kappa shape index (κ1) is 8.01. The van der Waals surface area contributed by atoms with Crippen LogP contribution in [0, 0.1) is 0 Å². The number of amides is 1. The van der Waals surface area contributed by atoms with Gasteiger partial charge in [-0.2, -0.15) is 0 Å². The van der Waals surface area contributed by atoms with Crippen LogP contribution in [0.4, 0.5) is 0 Å². The largest absolute Gasteiger partial charge is 0.380 e. The van der Waals surface area contributed by atoms with Gasteiger partial charge in [0.25, 0.3) is 0 Å². The third-order valence-electron chi connectivity index (χ3n) is 2.70. The molecule has 0 aliphatic carbocycles. The number of nitrogens with one attached hydrogen (secondary N) is 1. The minimum atomic E-state index is 0.0729. The van der Waals surface area contributed by atoms with Crippen LogP contribution in [0.25, 0.3) is 0 Å². The number of carbonyl (C=O) groups excluding carboxylic acids is 1. The Bertz CT molecular complexity index is 195. The Kier molecular flexibility index (Phi) is 2.02. The van der Waals surface area contributed by atoms with E-state index in [0.717, 1.165) is 26.1 Å². The van der Waals surface area contributed by atoms with E-state index in [0.29, 0.717) is 0 Å². The van der Waals surface area contributed by atoms with Crippen molar-refractivity contribution in [3.05, 3.63) is 0 Å². The smallest absolute Gasteiger partial charge is 0.237 e. The molecule has 2 saturated heterocycles. The molecule has 68 valence electrons. The second-order valence-electron chi connectivity index (χ2n) is 3.40. The van der Waals surface area contributed by atoms with E-state index in [2.05, 4.69) is 10.2 Å².